The third-order valence-electron chi connectivity index (χ3n) is 5.06. The van der Waals surface area contributed by atoms with Gasteiger partial charge in [-0.1, -0.05) is 66.7 Å². The molecule has 2 aromatic rings. The van der Waals surface area contributed by atoms with E-state index in [0.29, 0.717) is 19.6 Å². The summed E-state index contributed by atoms with van der Waals surface area (Å²) in [7, 11) is 0. The zero-order valence-electron chi connectivity index (χ0n) is 15.6. The molecule has 5 nitrogen and oxygen atoms in total. The van der Waals surface area contributed by atoms with E-state index in [1.807, 2.05) is 29.2 Å². The molecule has 2 atom stereocenters. The van der Waals surface area contributed by atoms with Crippen LogP contribution in [-0.4, -0.2) is 48.6 Å². The topological polar surface area (TPSA) is 61.6 Å². The van der Waals surface area contributed by atoms with Crippen LogP contribution in [-0.2, 0) is 0 Å². The molecule has 1 heterocycles. The van der Waals surface area contributed by atoms with Crippen molar-refractivity contribution in [2.24, 2.45) is 5.73 Å². The summed E-state index contributed by atoms with van der Waals surface area (Å²) in [4.78, 5) is 16.4. The van der Waals surface area contributed by atoms with Crippen molar-refractivity contribution < 1.29 is 4.79 Å². The van der Waals surface area contributed by atoms with E-state index in [-0.39, 0.29) is 18.1 Å². The van der Waals surface area contributed by atoms with Crippen molar-refractivity contribution in [1.29, 1.82) is 0 Å². The standard InChI is InChI=1S/C22H28N4O/c1-2-13-24-22(27)26-16-14-25(15-17-26)21(19-11-7-4-8-12-19)20(23)18-9-5-3-6-10-18/h2-12,20-21H,1,13-17,23H2,(H,24,27). The average molecular weight is 364 g/mol. The molecule has 0 aliphatic carbocycles. The Balaban J connectivity index is 1.75. The van der Waals surface area contributed by atoms with Gasteiger partial charge in [0.2, 0.25) is 0 Å². The lowest BCUT2D eigenvalue weighted by molar-refractivity contribution is 0.0965. The summed E-state index contributed by atoms with van der Waals surface area (Å²) in [5.74, 6) is 0. The number of hydrogen-bond acceptors (Lipinski definition) is 3. The SMILES string of the molecule is C=CCNC(=O)N1CCN(C(c2ccccc2)C(N)c2ccccc2)CC1. The quantitative estimate of drug-likeness (QED) is 0.775. The minimum Gasteiger partial charge on any atom is -0.335 e. The smallest absolute Gasteiger partial charge is 0.317 e. The van der Waals surface area contributed by atoms with Crippen LogP contribution >= 0.6 is 0 Å². The molecule has 142 valence electrons. The molecule has 3 N–H and O–H groups in total. The highest BCUT2D eigenvalue weighted by atomic mass is 16.2. The molecule has 0 saturated carbocycles. The Kier molecular flexibility index (Phi) is 6.63. The minimum atomic E-state index is -0.130. The Morgan fingerprint density at radius 2 is 1.56 bits per heavy atom. The highest BCUT2D eigenvalue weighted by Gasteiger charge is 2.31. The molecule has 2 unspecified atom stereocenters. The van der Waals surface area contributed by atoms with Crippen molar-refractivity contribution in [3.05, 3.63) is 84.4 Å². The van der Waals surface area contributed by atoms with Gasteiger partial charge >= 0.3 is 6.03 Å². The number of rotatable bonds is 6. The Bertz CT molecular complexity index is 726. The third-order valence-corrected chi connectivity index (χ3v) is 5.06. The highest BCUT2D eigenvalue weighted by Crippen LogP contribution is 2.33. The summed E-state index contributed by atoms with van der Waals surface area (Å²) in [5, 5.41) is 2.85. The second-order valence-electron chi connectivity index (χ2n) is 6.79. The lowest BCUT2D eigenvalue weighted by Gasteiger charge is -2.41. The van der Waals surface area contributed by atoms with Gasteiger partial charge in [-0.25, -0.2) is 4.79 Å². The van der Waals surface area contributed by atoms with Gasteiger partial charge in [-0.15, -0.1) is 6.58 Å². The molecule has 1 aliphatic heterocycles. The largest absolute Gasteiger partial charge is 0.335 e. The van der Waals surface area contributed by atoms with E-state index >= 15 is 0 Å². The second-order valence-corrected chi connectivity index (χ2v) is 6.79. The first kappa shape index (κ1) is 19.1. The van der Waals surface area contributed by atoms with E-state index in [2.05, 4.69) is 53.2 Å². The predicted molar refractivity (Wildman–Crippen MR) is 109 cm³/mol. The van der Waals surface area contributed by atoms with E-state index in [1.54, 1.807) is 6.08 Å². The fourth-order valence-electron chi connectivity index (χ4n) is 3.63. The number of piperazine rings is 1. The van der Waals surface area contributed by atoms with E-state index in [9.17, 15) is 4.79 Å². The van der Waals surface area contributed by atoms with E-state index in [4.69, 9.17) is 5.73 Å². The van der Waals surface area contributed by atoms with Crippen LogP contribution in [0.3, 0.4) is 0 Å². The van der Waals surface area contributed by atoms with E-state index in [0.717, 1.165) is 18.7 Å². The Morgan fingerprint density at radius 3 is 2.11 bits per heavy atom. The zero-order valence-corrected chi connectivity index (χ0v) is 15.6. The third kappa shape index (κ3) is 4.76. The molecule has 2 aromatic carbocycles. The fraction of sp³-hybridized carbons (Fsp3) is 0.318. The van der Waals surface area contributed by atoms with Crippen LogP contribution in [0.2, 0.25) is 0 Å². The van der Waals surface area contributed by atoms with Gasteiger partial charge in [0.15, 0.2) is 0 Å². The second kappa shape index (κ2) is 9.35. The normalized spacial score (nSPS) is 17.1. The van der Waals surface area contributed by atoms with Crippen molar-refractivity contribution in [1.82, 2.24) is 15.1 Å². The Morgan fingerprint density at radius 1 is 1.00 bits per heavy atom. The van der Waals surface area contributed by atoms with Gasteiger partial charge < -0.3 is 16.0 Å². The maximum atomic E-state index is 12.2. The summed E-state index contributed by atoms with van der Waals surface area (Å²) in [6.45, 7) is 7.09. The van der Waals surface area contributed by atoms with Gasteiger partial charge in [0.1, 0.15) is 0 Å². The van der Waals surface area contributed by atoms with Crippen LogP contribution < -0.4 is 11.1 Å². The van der Waals surface area contributed by atoms with E-state index < -0.39 is 0 Å². The molecule has 0 aromatic heterocycles. The lowest BCUT2D eigenvalue weighted by Crippen LogP contribution is -2.53. The van der Waals surface area contributed by atoms with Crippen molar-refractivity contribution in [2.45, 2.75) is 12.1 Å². The highest BCUT2D eigenvalue weighted by molar-refractivity contribution is 5.74. The molecule has 27 heavy (non-hydrogen) atoms. The average Bonchev–Trinajstić information content (AvgIpc) is 2.74. The van der Waals surface area contributed by atoms with Crippen molar-refractivity contribution >= 4 is 6.03 Å². The summed E-state index contributed by atoms with van der Waals surface area (Å²) in [6.07, 6.45) is 1.69. The minimum absolute atomic E-state index is 0.0295. The number of amides is 2. The number of nitrogens with zero attached hydrogens (tertiary/aromatic N) is 2. The van der Waals surface area contributed by atoms with Gasteiger partial charge in [0.25, 0.3) is 0 Å². The monoisotopic (exact) mass is 364 g/mol. The van der Waals surface area contributed by atoms with Gasteiger partial charge in [-0.05, 0) is 11.1 Å². The van der Waals surface area contributed by atoms with Gasteiger partial charge in [-0.2, -0.15) is 0 Å². The maximum absolute atomic E-state index is 12.2. The predicted octanol–water partition coefficient (Wildman–Crippen LogP) is 2.94. The number of nitrogens with two attached hydrogens (primary N) is 1. The number of benzene rings is 2. The number of carbonyl (C=O) groups excluding carboxylic acids is 1. The fourth-order valence-corrected chi connectivity index (χ4v) is 3.63. The summed E-state index contributed by atoms with van der Waals surface area (Å²) < 4.78 is 0. The molecule has 0 bridgehead atoms. The first-order valence-electron chi connectivity index (χ1n) is 9.44. The summed E-state index contributed by atoms with van der Waals surface area (Å²) in [5.41, 5.74) is 9.05. The first-order valence-corrected chi connectivity index (χ1v) is 9.44. The molecule has 1 saturated heterocycles. The molecule has 0 radical (unpaired) electrons. The first-order chi connectivity index (χ1) is 13.2. The molecule has 0 spiro atoms. The van der Waals surface area contributed by atoms with Crippen LogP contribution in [0.1, 0.15) is 23.2 Å². The zero-order chi connectivity index (χ0) is 19.1. The molecule has 5 heteroatoms. The van der Waals surface area contributed by atoms with Crippen LogP contribution in [0.15, 0.2) is 73.3 Å². The van der Waals surface area contributed by atoms with E-state index in [1.165, 1.54) is 5.56 Å². The van der Waals surface area contributed by atoms with Crippen LogP contribution in [0.25, 0.3) is 0 Å². The molecule has 1 aliphatic rings. The summed E-state index contributed by atoms with van der Waals surface area (Å²) in [6, 6.07) is 20.5. The van der Waals surface area contributed by atoms with Gasteiger partial charge in [0.05, 0.1) is 6.04 Å². The van der Waals surface area contributed by atoms with Crippen molar-refractivity contribution in [3.63, 3.8) is 0 Å². The van der Waals surface area contributed by atoms with Crippen molar-refractivity contribution in [3.8, 4) is 0 Å². The molecular formula is C22H28N4O. The molecule has 2 amide bonds. The summed E-state index contributed by atoms with van der Waals surface area (Å²) >= 11 is 0. The number of carbonyl (C=O) groups is 1. The Labute approximate surface area is 161 Å². The number of urea groups is 1. The van der Waals surface area contributed by atoms with Crippen molar-refractivity contribution in [2.75, 3.05) is 32.7 Å². The van der Waals surface area contributed by atoms with Crippen LogP contribution in [0.4, 0.5) is 4.79 Å². The maximum Gasteiger partial charge on any atom is 0.317 e. The molecular weight excluding hydrogens is 336 g/mol. The molecule has 1 fully saturated rings. The number of nitrogens with one attached hydrogen (secondary N) is 1. The van der Waals surface area contributed by atoms with Gasteiger partial charge in [-0.3, -0.25) is 4.90 Å². The lowest BCUT2D eigenvalue weighted by atomic mass is 9.92. The molecule has 3 rings (SSSR count). The Hall–Kier alpha value is -2.63. The van der Waals surface area contributed by atoms with Crippen LogP contribution in [0.5, 0.6) is 0 Å². The van der Waals surface area contributed by atoms with Gasteiger partial charge in [0, 0.05) is 38.8 Å². The number of hydrogen-bond donors (Lipinski definition) is 2. The van der Waals surface area contributed by atoms with Crippen LogP contribution in [0, 0.1) is 0 Å².